The lowest BCUT2D eigenvalue weighted by Gasteiger charge is -2.23. The van der Waals surface area contributed by atoms with E-state index in [2.05, 4.69) is 15.0 Å². The second-order valence-electron chi connectivity index (χ2n) is 7.20. The van der Waals surface area contributed by atoms with E-state index in [4.69, 9.17) is 10.5 Å². The van der Waals surface area contributed by atoms with E-state index in [1.807, 2.05) is 0 Å². The summed E-state index contributed by atoms with van der Waals surface area (Å²) in [7, 11) is 1.56. The maximum atomic E-state index is 13.1. The fourth-order valence-corrected chi connectivity index (χ4v) is 3.67. The quantitative estimate of drug-likeness (QED) is 0.527. The first-order chi connectivity index (χ1) is 14.7. The van der Waals surface area contributed by atoms with E-state index < -0.39 is 17.8 Å². The molecular formula is C20H15F3N6O2. The zero-order valence-corrected chi connectivity index (χ0v) is 16.1. The molecule has 0 unspecified atom stereocenters. The number of pyridine rings is 1. The van der Waals surface area contributed by atoms with Gasteiger partial charge < -0.3 is 15.4 Å². The summed E-state index contributed by atoms with van der Waals surface area (Å²) in [6, 6.07) is 5.26. The second-order valence-corrected chi connectivity index (χ2v) is 7.20. The van der Waals surface area contributed by atoms with Crippen molar-refractivity contribution in [2.75, 3.05) is 19.4 Å². The standard InChI is InChI=1S/C20H15F3N6O2/c1-28(15-8-31-16-5-11(20(21,22)23)6-26-17(15)16)19(30)10-2-3-12-13(4-10)29-9-25-7-14(29)18(24)27-12/h2-7,9,15H,8H2,1H3,(H2,24,27)/t15-/m1/s1. The highest BCUT2D eigenvalue weighted by Crippen LogP contribution is 2.39. The molecule has 31 heavy (non-hydrogen) atoms. The first-order valence-corrected chi connectivity index (χ1v) is 9.22. The average molecular weight is 428 g/mol. The summed E-state index contributed by atoms with van der Waals surface area (Å²) < 4.78 is 45.9. The van der Waals surface area contributed by atoms with Gasteiger partial charge in [-0.15, -0.1) is 0 Å². The lowest BCUT2D eigenvalue weighted by Crippen LogP contribution is -2.32. The molecule has 0 saturated heterocycles. The van der Waals surface area contributed by atoms with Gasteiger partial charge in [0.2, 0.25) is 0 Å². The molecule has 4 aromatic rings. The number of carbonyl (C=O) groups excluding carboxylic acids is 1. The molecule has 5 rings (SSSR count). The van der Waals surface area contributed by atoms with Crippen LogP contribution in [0.15, 0.2) is 43.0 Å². The molecule has 0 fully saturated rings. The number of rotatable bonds is 2. The molecule has 1 aliphatic heterocycles. The Kier molecular flexibility index (Phi) is 4.04. The van der Waals surface area contributed by atoms with Crippen molar-refractivity contribution in [2.45, 2.75) is 12.2 Å². The molecule has 8 nitrogen and oxygen atoms in total. The van der Waals surface area contributed by atoms with Gasteiger partial charge in [-0.25, -0.2) is 9.97 Å². The molecule has 0 saturated carbocycles. The molecule has 2 N–H and O–H groups in total. The van der Waals surface area contributed by atoms with E-state index in [9.17, 15) is 18.0 Å². The fourth-order valence-electron chi connectivity index (χ4n) is 3.67. The number of nitrogens with two attached hydrogens (primary N) is 1. The number of nitrogens with zero attached hydrogens (tertiary/aromatic N) is 5. The summed E-state index contributed by atoms with van der Waals surface area (Å²) in [5, 5.41) is 0. The smallest absolute Gasteiger partial charge is 0.418 e. The lowest BCUT2D eigenvalue weighted by atomic mass is 10.1. The predicted octanol–water partition coefficient (Wildman–Crippen LogP) is 3.08. The minimum absolute atomic E-state index is 0.0172. The van der Waals surface area contributed by atoms with Crippen LogP contribution in [0.25, 0.3) is 16.6 Å². The minimum Gasteiger partial charge on any atom is -0.489 e. The van der Waals surface area contributed by atoms with Gasteiger partial charge in [-0.3, -0.25) is 14.2 Å². The van der Waals surface area contributed by atoms with Gasteiger partial charge in [0.1, 0.15) is 35.4 Å². The highest BCUT2D eigenvalue weighted by molar-refractivity contribution is 5.98. The molecule has 1 amide bonds. The summed E-state index contributed by atoms with van der Waals surface area (Å²) in [5.41, 5.74) is 7.57. The average Bonchev–Trinajstić information content (AvgIpc) is 3.39. The van der Waals surface area contributed by atoms with Crippen LogP contribution in [0.4, 0.5) is 19.0 Å². The van der Waals surface area contributed by atoms with Gasteiger partial charge in [0.25, 0.3) is 5.91 Å². The first-order valence-electron chi connectivity index (χ1n) is 9.22. The zero-order chi connectivity index (χ0) is 21.9. The number of nitrogen functional groups attached to an aromatic ring is 1. The number of carbonyl (C=O) groups is 1. The number of alkyl halides is 3. The molecule has 158 valence electrons. The fraction of sp³-hybridized carbons (Fsp3) is 0.200. The van der Waals surface area contributed by atoms with Crippen LogP contribution < -0.4 is 10.5 Å². The number of hydrogen-bond acceptors (Lipinski definition) is 6. The number of benzene rings is 1. The van der Waals surface area contributed by atoms with E-state index in [0.29, 0.717) is 27.9 Å². The van der Waals surface area contributed by atoms with E-state index in [0.717, 1.165) is 12.3 Å². The van der Waals surface area contributed by atoms with Gasteiger partial charge in [-0.05, 0) is 24.3 Å². The molecule has 11 heteroatoms. The second kappa shape index (κ2) is 6.56. The molecular weight excluding hydrogens is 413 g/mol. The Bertz CT molecular complexity index is 1350. The third-order valence-corrected chi connectivity index (χ3v) is 5.33. The Morgan fingerprint density at radius 2 is 2.06 bits per heavy atom. The van der Waals surface area contributed by atoms with Crippen molar-refractivity contribution in [3.05, 3.63) is 59.8 Å². The van der Waals surface area contributed by atoms with Crippen molar-refractivity contribution in [1.82, 2.24) is 24.3 Å². The van der Waals surface area contributed by atoms with Gasteiger partial charge >= 0.3 is 6.18 Å². The van der Waals surface area contributed by atoms with Gasteiger partial charge in [0, 0.05) is 18.8 Å². The maximum absolute atomic E-state index is 13.1. The van der Waals surface area contributed by atoms with E-state index in [1.165, 1.54) is 4.90 Å². The highest BCUT2D eigenvalue weighted by Gasteiger charge is 2.37. The molecule has 0 aliphatic carbocycles. The molecule has 1 aliphatic rings. The number of fused-ring (bicyclic) bond motifs is 4. The van der Waals surface area contributed by atoms with E-state index in [-0.39, 0.29) is 24.0 Å². The summed E-state index contributed by atoms with van der Waals surface area (Å²) in [5.74, 6) is 0.0122. The first kappa shape index (κ1) is 19.1. The van der Waals surface area contributed by atoms with Gasteiger partial charge in [-0.1, -0.05) is 0 Å². The highest BCUT2D eigenvalue weighted by atomic mass is 19.4. The molecule has 1 atom stereocenters. The number of imidazole rings is 1. The number of aromatic nitrogens is 4. The number of ether oxygens (including phenoxy) is 1. The summed E-state index contributed by atoms with van der Waals surface area (Å²) in [4.78, 5) is 26.9. The maximum Gasteiger partial charge on any atom is 0.418 e. The van der Waals surface area contributed by atoms with Crippen LogP contribution in [0.3, 0.4) is 0 Å². The lowest BCUT2D eigenvalue weighted by molar-refractivity contribution is -0.137. The number of amides is 1. The van der Waals surface area contributed by atoms with Crippen molar-refractivity contribution >= 4 is 28.3 Å². The monoisotopic (exact) mass is 428 g/mol. The Balaban J connectivity index is 1.49. The number of anilines is 1. The number of halogens is 3. The van der Waals surface area contributed by atoms with E-state index in [1.54, 1.807) is 42.2 Å². The van der Waals surface area contributed by atoms with Crippen LogP contribution in [0.2, 0.25) is 0 Å². The minimum atomic E-state index is -4.52. The number of hydrogen-bond donors (Lipinski definition) is 1. The Labute approximate surface area is 173 Å². The van der Waals surface area contributed by atoms with Crippen LogP contribution in [0.5, 0.6) is 5.75 Å². The molecule has 0 spiro atoms. The van der Waals surface area contributed by atoms with Crippen LogP contribution in [-0.2, 0) is 6.18 Å². The van der Waals surface area contributed by atoms with Crippen molar-refractivity contribution < 1.29 is 22.7 Å². The third-order valence-electron chi connectivity index (χ3n) is 5.33. The van der Waals surface area contributed by atoms with E-state index >= 15 is 0 Å². The van der Waals surface area contributed by atoms with Crippen molar-refractivity contribution in [3.63, 3.8) is 0 Å². The Hall–Kier alpha value is -3.89. The molecule has 0 bridgehead atoms. The Morgan fingerprint density at radius 1 is 1.26 bits per heavy atom. The summed E-state index contributed by atoms with van der Waals surface area (Å²) in [6.07, 6.45) is -0.611. The molecule has 4 heterocycles. The summed E-state index contributed by atoms with van der Waals surface area (Å²) >= 11 is 0. The van der Waals surface area contributed by atoms with Crippen molar-refractivity contribution in [3.8, 4) is 5.75 Å². The van der Waals surface area contributed by atoms with Gasteiger partial charge in [0.05, 0.1) is 29.1 Å². The topological polar surface area (TPSA) is 98.6 Å². The predicted molar refractivity (Wildman–Crippen MR) is 104 cm³/mol. The van der Waals surface area contributed by atoms with Crippen LogP contribution in [0.1, 0.15) is 27.7 Å². The molecule has 1 aromatic carbocycles. The van der Waals surface area contributed by atoms with Gasteiger partial charge in [0.15, 0.2) is 0 Å². The van der Waals surface area contributed by atoms with Gasteiger partial charge in [-0.2, -0.15) is 13.2 Å². The van der Waals surface area contributed by atoms with Crippen molar-refractivity contribution in [1.29, 1.82) is 0 Å². The normalized spacial score (nSPS) is 15.8. The number of likely N-dealkylation sites (N-methyl/N-ethyl adjacent to an activating group) is 1. The third kappa shape index (κ3) is 3.00. The van der Waals surface area contributed by atoms with Crippen LogP contribution >= 0.6 is 0 Å². The molecule has 3 aromatic heterocycles. The SMILES string of the molecule is CN(C(=O)c1ccc2nc(N)c3cncn3c2c1)[C@@H]1COc2cc(C(F)(F)F)cnc21. The zero-order valence-electron chi connectivity index (χ0n) is 16.1. The van der Waals surface area contributed by atoms with Crippen LogP contribution in [0, 0.1) is 0 Å². The van der Waals surface area contributed by atoms with Crippen molar-refractivity contribution in [2.24, 2.45) is 0 Å². The molecule has 0 radical (unpaired) electrons. The van der Waals surface area contributed by atoms with Crippen LogP contribution in [-0.4, -0.2) is 43.8 Å². The summed E-state index contributed by atoms with van der Waals surface area (Å²) in [6.45, 7) is 0.0172. The Morgan fingerprint density at radius 3 is 2.84 bits per heavy atom. The largest absolute Gasteiger partial charge is 0.489 e.